The van der Waals surface area contributed by atoms with Gasteiger partial charge in [0.05, 0.1) is 11.2 Å². The highest BCUT2D eigenvalue weighted by Gasteiger charge is 2.29. The van der Waals surface area contributed by atoms with Gasteiger partial charge in [-0.1, -0.05) is 34.1 Å². The lowest BCUT2D eigenvalue weighted by atomic mass is 9.94. The third-order valence-corrected chi connectivity index (χ3v) is 4.85. The number of nitrogens with zero attached hydrogens (tertiary/aromatic N) is 1. The zero-order chi connectivity index (χ0) is 16.0. The first-order valence-corrected chi connectivity index (χ1v) is 8.42. The number of carbonyl (C=O) groups is 2. The van der Waals surface area contributed by atoms with E-state index in [-0.39, 0.29) is 11.7 Å². The van der Waals surface area contributed by atoms with Gasteiger partial charge in [0.25, 0.3) is 5.91 Å². The second-order valence-corrected chi connectivity index (χ2v) is 6.69. The third kappa shape index (κ3) is 2.25. The van der Waals surface area contributed by atoms with E-state index in [0.29, 0.717) is 17.7 Å². The molecule has 0 saturated carbocycles. The van der Waals surface area contributed by atoms with Crippen LogP contribution < -0.4 is 0 Å². The zero-order valence-electron chi connectivity index (χ0n) is 12.4. The smallest absolute Gasteiger partial charge is 0.262 e. The molecule has 1 aromatic heterocycles. The van der Waals surface area contributed by atoms with Gasteiger partial charge in [-0.15, -0.1) is 0 Å². The van der Waals surface area contributed by atoms with Crippen molar-refractivity contribution >= 4 is 38.5 Å². The lowest BCUT2D eigenvalue weighted by Crippen LogP contribution is -2.21. The van der Waals surface area contributed by atoms with Gasteiger partial charge < -0.3 is 0 Å². The van der Waals surface area contributed by atoms with Crippen LogP contribution in [-0.2, 0) is 6.42 Å². The Morgan fingerprint density at radius 1 is 1.04 bits per heavy atom. The van der Waals surface area contributed by atoms with E-state index in [2.05, 4.69) is 15.9 Å². The molecule has 0 radical (unpaired) electrons. The molecule has 4 heteroatoms. The number of benzene rings is 2. The molecule has 0 spiro atoms. The highest BCUT2D eigenvalue weighted by atomic mass is 79.9. The molecule has 0 aliphatic heterocycles. The van der Waals surface area contributed by atoms with Crippen LogP contribution in [0.5, 0.6) is 0 Å². The molecule has 3 nitrogen and oxygen atoms in total. The minimum atomic E-state index is -0.144. The molecule has 0 amide bonds. The molecule has 0 saturated heterocycles. The van der Waals surface area contributed by atoms with E-state index in [1.807, 2.05) is 36.4 Å². The SMILES string of the molecule is O=C1CCCc2c1n(C(=O)c1ccccc1)c1ccc(Br)cc21. The lowest BCUT2D eigenvalue weighted by molar-refractivity contribution is 0.0913. The van der Waals surface area contributed by atoms with Crippen LogP contribution in [0.15, 0.2) is 53.0 Å². The summed E-state index contributed by atoms with van der Waals surface area (Å²) < 4.78 is 2.56. The van der Waals surface area contributed by atoms with Gasteiger partial charge in [0.15, 0.2) is 5.78 Å². The van der Waals surface area contributed by atoms with Gasteiger partial charge in [-0.25, -0.2) is 0 Å². The van der Waals surface area contributed by atoms with Crippen LogP contribution in [0.4, 0.5) is 0 Å². The molecule has 4 rings (SSSR count). The summed E-state index contributed by atoms with van der Waals surface area (Å²) >= 11 is 3.49. The second kappa shape index (κ2) is 5.46. The first-order valence-electron chi connectivity index (χ1n) is 7.62. The van der Waals surface area contributed by atoms with E-state index >= 15 is 0 Å². The molecule has 1 aliphatic carbocycles. The van der Waals surface area contributed by atoms with Gasteiger partial charge in [-0.3, -0.25) is 14.2 Å². The monoisotopic (exact) mass is 367 g/mol. The van der Waals surface area contributed by atoms with Gasteiger partial charge in [-0.05, 0) is 48.7 Å². The number of Topliss-reactive ketones (excluding diaryl/α,β-unsaturated/α-hetero) is 1. The van der Waals surface area contributed by atoms with E-state index in [1.54, 1.807) is 16.7 Å². The maximum atomic E-state index is 13.0. The Bertz CT molecular complexity index is 941. The van der Waals surface area contributed by atoms with E-state index in [1.165, 1.54) is 0 Å². The van der Waals surface area contributed by atoms with Gasteiger partial charge in [0.1, 0.15) is 0 Å². The minimum Gasteiger partial charge on any atom is -0.293 e. The van der Waals surface area contributed by atoms with Crippen LogP contribution in [0.1, 0.15) is 39.3 Å². The highest BCUT2D eigenvalue weighted by molar-refractivity contribution is 9.10. The summed E-state index contributed by atoms with van der Waals surface area (Å²) in [6, 6.07) is 14.9. The Hall–Kier alpha value is -2.20. The minimum absolute atomic E-state index is 0.0582. The molecular weight excluding hydrogens is 354 g/mol. The molecule has 1 aliphatic rings. The molecule has 1 heterocycles. The summed E-state index contributed by atoms with van der Waals surface area (Å²) in [6.07, 6.45) is 2.19. The molecule has 114 valence electrons. The fourth-order valence-electron chi connectivity index (χ4n) is 3.34. The number of fused-ring (bicyclic) bond motifs is 3. The van der Waals surface area contributed by atoms with Crippen LogP contribution >= 0.6 is 15.9 Å². The Balaban J connectivity index is 2.04. The van der Waals surface area contributed by atoms with E-state index in [4.69, 9.17) is 0 Å². The fraction of sp³-hybridized carbons (Fsp3) is 0.158. The number of aryl methyl sites for hydroxylation is 1. The Morgan fingerprint density at radius 3 is 2.61 bits per heavy atom. The summed E-state index contributed by atoms with van der Waals surface area (Å²) in [4.78, 5) is 25.5. The fourth-order valence-corrected chi connectivity index (χ4v) is 3.70. The molecule has 0 fully saturated rings. The maximum Gasteiger partial charge on any atom is 0.262 e. The van der Waals surface area contributed by atoms with Crippen LogP contribution in [0.3, 0.4) is 0 Å². The first-order chi connectivity index (χ1) is 11.2. The average molecular weight is 368 g/mol. The van der Waals surface area contributed by atoms with Crippen LogP contribution in [-0.4, -0.2) is 16.3 Å². The maximum absolute atomic E-state index is 13.0. The van der Waals surface area contributed by atoms with Crippen molar-refractivity contribution in [1.82, 2.24) is 4.57 Å². The van der Waals surface area contributed by atoms with Gasteiger partial charge in [0.2, 0.25) is 0 Å². The van der Waals surface area contributed by atoms with E-state index in [0.717, 1.165) is 33.8 Å². The van der Waals surface area contributed by atoms with Crippen LogP contribution in [0, 0.1) is 0 Å². The van der Waals surface area contributed by atoms with Crippen molar-refractivity contribution in [3.8, 4) is 0 Å². The predicted octanol–water partition coefficient (Wildman–Crippen LogP) is 4.61. The molecule has 23 heavy (non-hydrogen) atoms. The van der Waals surface area contributed by atoms with Crippen LogP contribution in [0.25, 0.3) is 10.9 Å². The Labute approximate surface area is 142 Å². The predicted molar refractivity (Wildman–Crippen MR) is 93.1 cm³/mol. The quantitative estimate of drug-likeness (QED) is 0.629. The normalized spacial score (nSPS) is 14.0. The van der Waals surface area contributed by atoms with Crippen molar-refractivity contribution in [1.29, 1.82) is 0 Å². The summed E-state index contributed by atoms with van der Waals surface area (Å²) in [5.41, 5.74) is 2.97. The molecule has 0 unspecified atom stereocenters. The standard InChI is InChI=1S/C19H14BrNO2/c20-13-9-10-16-15(11-13)14-7-4-8-17(22)18(14)21(16)19(23)12-5-2-1-3-6-12/h1-3,5-6,9-11H,4,7-8H2. The number of hydrogen-bond donors (Lipinski definition) is 0. The van der Waals surface area contributed by atoms with Crippen LogP contribution in [0.2, 0.25) is 0 Å². The summed E-state index contributed by atoms with van der Waals surface area (Å²) in [7, 11) is 0. The Morgan fingerprint density at radius 2 is 1.83 bits per heavy atom. The van der Waals surface area contributed by atoms with Gasteiger partial charge in [-0.2, -0.15) is 0 Å². The largest absolute Gasteiger partial charge is 0.293 e. The van der Waals surface area contributed by atoms with E-state index in [9.17, 15) is 9.59 Å². The number of halogens is 1. The summed E-state index contributed by atoms with van der Waals surface area (Å²) in [6.45, 7) is 0. The van der Waals surface area contributed by atoms with Gasteiger partial charge in [0, 0.05) is 21.8 Å². The van der Waals surface area contributed by atoms with E-state index < -0.39 is 0 Å². The van der Waals surface area contributed by atoms with Gasteiger partial charge >= 0.3 is 0 Å². The third-order valence-electron chi connectivity index (χ3n) is 4.35. The van der Waals surface area contributed by atoms with Crippen molar-refractivity contribution in [2.24, 2.45) is 0 Å². The molecule has 2 aromatic carbocycles. The average Bonchev–Trinajstić information content (AvgIpc) is 2.90. The first kappa shape index (κ1) is 14.4. The molecule has 0 N–H and O–H groups in total. The van der Waals surface area contributed by atoms with Crippen molar-refractivity contribution in [2.75, 3.05) is 0 Å². The molecule has 0 atom stereocenters. The number of rotatable bonds is 1. The number of aromatic nitrogens is 1. The highest BCUT2D eigenvalue weighted by Crippen LogP contribution is 2.34. The number of ketones is 1. The molecule has 3 aromatic rings. The second-order valence-electron chi connectivity index (χ2n) is 5.77. The summed E-state index contributed by atoms with van der Waals surface area (Å²) in [5.74, 6) is -0.0859. The summed E-state index contributed by atoms with van der Waals surface area (Å²) in [5, 5.41) is 0.992. The molecule has 0 bridgehead atoms. The van der Waals surface area contributed by atoms with Crippen molar-refractivity contribution in [2.45, 2.75) is 19.3 Å². The topological polar surface area (TPSA) is 39.1 Å². The van der Waals surface area contributed by atoms with Crippen molar-refractivity contribution in [3.05, 3.63) is 69.8 Å². The van der Waals surface area contributed by atoms with Crippen molar-refractivity contribution < 1.29 is 9.59 Å². The number of hydrogen-bond acceptors (Lipinski definition) is 2. The molecular formula is C19H14BrNO2. The zero-order valence-corrected chi connectivity index (χ0v) is 14.0. The Kier molecular flexibility index (Phi) is 3.42. The van der Waals surface area contributed by atoms with Crippen molar-refractivity contribution in [3.63, 3.8) is 0 Å². The number of carbonyl (C=O) groups excluding carboxylic acids is 2. The lowest BCUT2D eigenvalue weighted by Gasteiger charge is -2.14.